The first-order valence-electron chi connectivity index (χ1n) is 9.71. The Labute approximate surface area is 194 Å². The van der Waals surface area contributed by atoms with Crippen LogP contribution in [0.4, 0.5) is 10.5 Å². The molecule has 2 aromatic carbocycles. The zero-order chi connectivity index (χ0) is 23.3. The van der Waals surface area contributed by atoms with Crippen LogP contribution in [0, 0.1) is 0 Å². The van der Waals surface area contributed by atoms with Gasteiger partial charge in [0.15, 0.2) is 18.1 Å². The molecule has 1 aliphatic heterocycles. The van der Waals surface area contributed by atoms with Gasteiger partial charge in [0.05, 0.1) is 23.9 Å². The Balaban J connectivity index is 1.88. The largest absolute Gasteiger partial charge is 0.490 e. The lowest BCUT2D eigenvalue weighted by Crippen LogP contribution is -2.30. The average molecular weight is 479 g/mol. The van der Waals surface area contributed by atoms with E-state index < -0.39 is 17.9 Å². The fourth-order valence-electron chi connectivity index (χ4n) is 2.96. The van der Waals surface area contributed by atoms with Crippen LogP contribution in [0.2, 0.25) is 10.0 Å². The Morgan fingerprint density at radius 3 is 2.56 bits per heavy atom. The maximum atomic E-state index is 12.8. The van der Waals surface area contributed by atoms with Crippen LogP contribution in [-0.4, -0.2) is 37.7 Å². The number of halogens is 2. The predicted molar refractivity (Wildman–Crippen MR) is 120 cm³/mol. The normalized spacial score (nSPS) is 14.5. The summed E-state index contributed by atoms with van der Waals surface area (Å²) < 4.78 is 15.9. The summed E-state index contributed by atoms with van der Waals surface area (Å²) in [5, 5.41) is 3.10. The maximum absolute atomic E-state index is 12.8. The summed E-state index contributed by atoms with van der Waals surface area (Å²) in [6, 6.07) is 8.91. The standard InChI is InChI=1S/C22H20Cl2N2O6/c1-3-30-18-10-13(8-16(24)20(18)32-12-19(27)31-4-2)9-17-21(28)26(22(29)25-17)15-7-5-6-14(23)11-15/h5-11H,3-4,12H2,1-2H3,(H,25,29)/b17-9+. The van der Waals surface area contributed by atoms with Gasteiger partial charge in [-0.1, -0.05) is 29.3 Å². The molecule has 3 rings (SSSR count). The number of hydrogen-bond donors (Lipinski definition) is 1. The summed E-state index contributed by atoms with van der Waals surface area (Å²) in [5.41, 5.74) is 0.881. The molecule has 1 fully saturated rings. The van der Waals surface area contributed by atoms with Crippen molar-refractivity contribution in [2.24, 2.45) is 0 Å². The van der Waals surface area contributed by atoms with Gasteiger partial charge in [-0.05, 0) is 55.8 Å². The molecule has 1 N–H and O–H groups in total. The predicted octanol–water partition coefficient (Wildman–Crippen LogP) is 4.43. The van der Waals surface area contributed by atoms with Crippen molar-refractivity contribution in [1.29, 1.82) is 0 Å². The summed E-state index contributed by atoms with van der Waals surface area (Å²) in [6.45, 7) is 3.67. The Morgan fingerprint density at radius 1 is 1.09 bits per heavy atom. The van der Waals surface area contributed by atoms with Crippen LogP contribution in [-0.2, 0) is 14.3 Å². The fraction of sp³-hybridized carbons (Fsp3) is 0.227. The molecule has 3 amide bonds. The van der Waals surface area contributed by atoms with Gasteiger partial charge >= 0.3 is 12.0 Å². The highest BCUT2D eigenvalue weighted by molar-refractivity contribution is 6.33. The molecule has 168 valence electrons. The third-order valence-corrected chi connectivity index (χ3v) is 4.74. The Hall–Kier alpha value is -3.23. The summed E-state index contributed by atoms with van der Waals surface area (Å²) in [5.74, 6) is -0.641. The molecule has 32 heavy (non-hydrogen) atoms. The van der Waals surface area contributed by atoms with Crippen LogP contribution in [0.1, 0.15) is 19.4 Å². The quantitative estimate of drug-likeness (QED) is 0.342. The van der Waals surface area contributed by atoms with Gasteiger partial charge in [-0.3, -0.25) is 4.79 Å². The number of esters is 1. The van der Waals surface area contributed by atoms with Crippen molar-refractivity contribution in [1.82, 2.24) is 5.32 Å². The molecule has 0 atom stereocenters. The Morgan fingerprint density at radius 2 is 1.88 bits per heavy atom. The van der Waals surface area contributed by atoms with Crippen LogP contribution in [0.5, 0.6) is 11.5 Å². The van der Waals surface area contributed by atoms with E-state index in [0.717, 1.165) is 4.90 Å². The van der Waals surface area contributed by atoms with E-state index in [0.29, 0.717) is 22.9 Å². The number of imide groups is 1. The van der Waals surface area contributed by atoms with Gasteiger partial charge in [0.2, 0.25) is 0 Å². The van der Waals surface area contributed by atoms with E-state index in [4.69, 9.17) is 37.4 Å². The van der Waals surface area contributed by atoms with Crippen molar-refractivity contribution >= 4 is 52.9 Å². The number of nitrogens with one attached hydrogen (secondary N) is 1. The van der Waals surface area contributed by atoms with E-state index in [1.54, 1.807) is 38.1 Å². The van der Waals surface area contributed by atoms with E-state index >= 15 is 0 Å². The number of hydrogen-bond acceptors (Lipinski definition) is 6. The van der Waals surface area contributed by atoms with Gasteiger partial charge in [0, 0.05) is 5.02 Å². The summed E-state index contributed by atoms with van der Waals surface area (Å²) in [4.78, 5) is 37.8. The maximum Gasteiger partial charge on any atom is 0.344 e. The van der Waals surface area contributed by atoms with Gasteiger partial charge in [-0.2, -0.15) is 0 Å². The van der Waals surface area contributed by atoms with Crippen molar-refractivity contribution < 1.29 is 28.6 Å². The zero-order valence-corrected chi connectivity index (χ0v) is 18.8. The summed E-state index contributed by atoms with van der Waals surface area (Å²) in [6.07, 6.45) is 1.47. The fourth-order valence-corrected chi connectivity index (χ4v) is 3.42. The lowest BCUT2D eigenvalue weighted by Gasteiger charge is -2.14. The first-order chi connectivity index (χ1) is 15.3. The Kier molecular flexibility index (Phi) is 7.61. The molecule has 1 aliphatic rings. The lowest BCUT2D eigenvalue weighted by atomic mass is 10.1. The number of anilines is 1. The number of ether oxygens (including phenoxy) is 3. The molecule has 10 heteroatoms. The zero-order valence-electron chi connectivity index (χ0n) is 17.3. The number of benzene rings is 2. The van der Waals surface area contributed by atoms with Gasteiger partial charge in [-0.25, -0.2) is 14.5 Å². The van der Waals surface area contributed by atoms with Crippen molar-refractivity contribution in [3.63, 3.8) is 0 Å². The molecule has 0 aliphatic carbocycles. The third kappa shape index (κ3) is 5.33. The van der Waals surface area contributed by atoms with Gasteiger partial charge < -0.3 is 19.5 Å². The second-order valence-electron chi connectivity index (χ2n) is 6.47. The molecular formula is C22H20Cl2N2O6. The van der Waals surface area contributed by atoms with Gasteiger partial charge in [0.25, 0.3) is 5.91 Å². The highest BCUT2D eigenvalue weighted by Gasteiger charge is 2.35. The molecule has 0 radical (unpaired) electrons. The van der Waals surface area contributed by atoms with Crippen molar-refractivity contribution in [3.8, 4) is 11.5 Å². The van der Waals surface area contributed by atoms with E-state index in [1.807, 2.05) is 0 Å². The second kappa shape index (κ2) is 10.4. The lowest BCUT2D eigenvalue weighted by molar-refractivity contribution is -0.145. The van der Waals surface area contributed by atoms with Crippen molar-refractivity contribution in [2.75, 3.05) is 24.7 Å². The van der Waals surface area contributed by atoms with E-state index in [2.05, 4.69) is 5.32 Å². The van der Waals surface area contributed by atoms with Gasteiger partial charge in [0.1, 0.15) is 5.70 Å². The monoisotopic (exact) mass is 478 g/mol. The Bertz CT molecular complexity index is 1090. The summed E-state index contributed by atoms with van der Waals surface area (Å²) in [7, 11) is 0. The number of amides is 3. The molecule has 2 aromatic rings. The number of nitrogens with zero attached hydrogens (tertiary/aromatic N) is 1. The first kappa shape index (κ1) is 23.4. The highest BCUT2D eigenvalue weighted by Crippen LogP contribution is 2.37. The molecule has 1 heterocycles. The summed E-state index contributed by atoms with van der Waals surface area (Å²) >= 11 is 12.3. The molecule has 0 spiro atoms. The molecular weight excluding hydrogens is 459 g/mol. The van der Waals surface area contributed by atoms with Crippen LogP contribution < -0.4 is 19.7 Å². The van der Waals surface area contributed by atoms with Gasteiger partial charge in [-0.15, -0.1) is 0 Å². The second-order valence-corrected chi connectivity index (χ2v) is 7.31. The first-order valence-corrected chi connectivity index (χ1v) is 10.5. The average Bonchev–Trinajstić information content (AvgIpc) is 3.00. The smallest absolute Gasteiger partial charge is 0.344 e. The molecule has 0 bridgehead atoms. The third-order valence-electron chi connectivity index (χ3n) is 4.23. The molecule has 0 unspecified atom stereocenters. The topological polar surface area (TPSA) is 94.2 Å². The number of carbonyl (C=O) groups excluding carboxylic acids is 3. The number of urea groups is 1. The van der Waals surface area contributed by atoms with Crippen LogP contribution >= 0.6 is 23.2 Å². The molecule has 0 aromatic heterocycles. The minimum atomic E-state index is -0.603. The van der Waals surface area contributed by atoms with Crippen molar-refractivity contribution in [2.45, 2.75) is 13.8 Å². The number of carbonyl (C=O) groups is 3. The minimum Gasteiger partial charge on any atom is -0.490 e. The van der Waals surface area contributed by atoms with Crippen LogP contribution in [0.3, 0.4) is 0 Å². The van der Waals surface area contributed by atoms with E-state index in [9.17, 15) is 14.4 Å². The SMILES string of the molecule is CCOC(=O)COc1c(Cl)cc(/C=C2/NC(=O)N(c3cccc(Cl)c3)C2=O)cc1OCC. The molecule has 1 saturated heterocycles. The van der Waals surface area contributed by atoms with Crippen LogP contribution in [0.25, 0.3) is 6.08 Å². The van der Waals surface area contributed by atoms with Crippen molar-refractivity contribution in [3.05, 3.63) is 57.7 Å². The van der Waals surface area contributed by atoms with Crippen LogP contribution in [0.15, 0.2) is 42.1 Å². The number of rotatable bonds is 8. The van der Waals surface area contributed by atoms with E-state index in [1.165, 1.54) is 18.2 Å². The molecule has 8 nitrogen and oxygen atoms in total. The molecule has 0 saturated carbocycles. The highest BCUT2D eigenvalue weighted by atomic mass is 35.5. The van der Waals surface area contributed by atoms with E-state index in [-0.39, 0.29) is 35.4 Å². The minimum absolute atomic E-state index is 0.0497.